The number of aliphatic hydroxyl groups is 1. The van der Waals surface area contributed by atoms with Crippen LogP contribution in [0.2, 0.25) is 0 Å². The van der Waals surface area contributed by atoms with Gasteiger partial charge in [0.05, 0.1) is 11.5 Å². The van der Waals surface area contributed by atoms with Crippen LogP contribution in [0.25, 0.3) is 0 Å². The fourth-order valence-electron chi connectivity index (χ4n) is 3.64. The van der Waals surface area contributed by atoms with Gasteiger partial charge in [0.25, 0.3) is 0 Å². The second-order valence-electron chi connectivity index (χ2n) is 5.39. The van der Waals surface area contributed by atoms with E-state index in [4.69, 9.17) is 4.74 Å². The second kappa shape index (κ2) is 2.53. The monoisotopic (exact) mass is 208 g/mol. The Balaban J connectivity index is 2.16. The van der Waals surface area contributed by atoms with E-state index >= 15 is 0 Å². The Hall–Kier alpha value is -0.670. The zero-order chi connectivity index (χ0) is 10.8. The van der Waals surface area contributed by atoms with Gasteiger partial charge in [0.2, 0.25) is 0 Å². The van der Waals surface area contributed by atoms with Gasteiger partial charge in [0.1, 0.15) is 5.60 Å². The molecule has 0 spiro atoms. The van der Waals surface area contributed by atoms with Crippen LogP contribution in [0.1, 0.15) is 20.3 Å². The Morgan fingerprint density at radius 2 is 2.27 bits per heavy atom. The first kappa shape index (κ1) is 9.55. The molecule has 2 fully saturated rings. The predicted molar refractivity (Wildman–Crippen MR) is 54.2 cm³/mol. The lowest BCUT2D eigenvalue weighted by Crippen LogP contribution is -2.64. The highest BCUT2D eigenvalue weighted by Crippen LogP contribution is 2.55. The summed E-state index contributed by atoms with van der Waals surface area (Å²) in [6, 6.07) is 0. The molecule has 0 amide bonds. The Kier molecular flexibility index (Phi) is 1.61. The third-order valence-corrected chi connectivity index (χ3v) is 4.44. The van der Waals surface area contributed by atoms with Crippen molar-refractivity contribution in [1.29, 1.82) is 0 Å². The summed E-state index contributed by atoms with van der Waals surface area (Å²) in [4.78, 5) is 12.2. The zero-order valence-corrected chi connectivity index (χ0v) is 9.06. The maximum absolute atomic E-state index is 12.2. The second-order valence-corrected chi connectivity index (χ2v) is 5.39. The van der Waals surface area contributed by atoms with E-state index in [9.17, 15) is 9.90 Å². The average molecular weight is 208 g/mol. The minimum Gasteiger partial charge on any atom is -0.382 e. The van der Waals surface area contributed by atoms with E-state index in [-0.39, 0.29) is 17.8 Å². The Morgan fingerprint density at radius 3 is 3.00 bits per heavy atom. The van der Waals surface area contributed by atoms with Crippen molar-refractivity contribution in [3.05, 3.63) is 12.2 Å². The van der Waals surface area contributed by atoms with Gasteiger partial charge in [-0.05, 0) is 26.2 Å². The molecule has 0 aromatic heterocycles. The Labute approximate surface area is 89.1 Å². The number of rotatable bonds is 0. The van der Waals surface area contributed by atoms with Gasteiger partial charge >= 0.3 is 0 Å². The highest BCUT2D eigenvalue weighted by atomic mass is 16.5. The molecule has 0 aromatic carbocycles. The van der Waals surface area contributed by atoms with Crippen molar-refractivity contribution in [2.75, 3.05) is 6.61 Å². The highest BCUT2D eigenvalue weighted by molar-refractivity contribution is 5.96. The lowest BCUT2D eigenvalue weighted by Gasteiger charge is -2.53. The van der Waals surface area contributed by atoms with E-state index in [1.807, 2.05) is 19.1 Å². The summed E-state index contributed by atoms with van der Waals surface area (Å²) in [5, 5.41) is 10.3. The third-order valence-electron chi connectivity index (χ3n) is 4.44. The fourth-order valence-corrected chi connectivity index (χ4v) is 3.64. The van der Waals surface area contributed by atoms with Crippen LogP contribution in [0.4, 0.5) is 0 Å². The van der Waals surface area contributed by atoms with Gasteiger partial charge in [-0.1, -0.05) is 12.2 Å². The van der Waals surface area contributed by atoms with E-state index in [0.29, 0.717) is 12.5 Å². The van der Waals surface area contributed by atoms with Gasteiger partial charge in [-0.15, -0.1) is 0 Å². The summed E-state index contributed by atoms with van der Waals surface area (Å²) in [5.74, 6) is 0.178. The first-order valence-electron chi connectivity index (χ1n) is 5.56. The Bertz CT molecular complexity index is 358. The molecular formula is C12H16O3. The van der Waals surface area contributed by atoms with Crippen LogP contribution in [-0.4, -0.2) is 29.2 Å². The topological polar surface area (TPSA) is 46.5 Å². The van der Waals surface area contributed by atoms with Crippen LogP contribution in [0, 0.1) is 17.3 Å². The number of fused-ring (bicyclic) bond motifs is 1. The van der Waals surface area contributed by atoms with Gasteiger partial charge in [0, 0.05) is 12.5 Å². The molecule has 2 bridgehead atoms. The minimum absolute atomic E-state index is 0.0137. The van der Waals surface area contributed by atoms with E-state index < -0.39 is 11.0 Å². The van der Waals surface area contributed by atoms with E-state index in [1.165, 1.54) is 0 Å². The molecule has 1 aliphatic heterocycles. The molecule has 3 aliphatic carbocycles. The number of ether oxygens (including phenoxy) is 1. The predicted octanol–water partition coefficient (Wildman–Crippen LogP) is 0.917. The zero-order valence-electron chi connectivity index (χ0n) is 9.06. The van der Waals surface area contributed by atoms with Gasteiger partial charge in [-0.2, -0.15) is 0 Å². The van der Waals surface area contributed by atoms with Gasteiger partial charge in [0.15, 0.2) is 5.78 Å². The molecule has 1 saturated carbocycles. The summed E-state index contributed by atoms with van der Waals surface area (Å²) in [5.41, 5.74) is -1.81. The smallest absolute Gasteiger partial charge is 0.176 e. The van der Waals surface area contributed by atoms with Gasteiger partial charge in [-0.25, -0.2) is 0 Å². The molecule has 5 unspecified atom stereocenters. The molecule has 1 saturated heterocycles. The summed E-state index contributed by atoms with van der Waals surface area (Å²) in [6.45, 7) is 4.25. The maximum Gasteiger partial charge on any atom is 0.176 e. The molecule has 1 N–H and O–H groups in total. The first-order valence-corrected chi connectivity index (χ1v) is 5.56. The lowest BCUT2D eigenvalue weighted by molar-refractivity contribution is -0.172. The molecule has 3 nitrogen and oxygen atoms in total. The maximum atomic E-state index is 12.2. The summed E-state index contributed by atoms with van der Waals surface area (Å²) in [6.07, 6.45) is 4.89. The molecule has 1 heterocycles. The highest BCUT2D eigenvalue weighted by Gasteiger charge is 2.64. The molecular weight excluding hydrogens is 192 g/mol. The summed E-state index contributed by atoms with van der Waals surface area (Å²) < 4.78 is 5.67. The third kappa shape index (κ3) is 0.911. The van der Waals surface area contributed by atoms with Crippen LogP contribution < -0.4 is 0 Å². The van der Waals surface area contributed by atoms with Crippen LogP contribution in [0.3, 0.4) is 0 Å². The molecule has 15 heavy (non-hydrogen) atoms. The van der Waals surface area contributed by atoms with Crippen LogP contribution in [0.15, 0.2) is 12.2 Å². The molecule has 82 valence electrons. The SMILES string of the molecule is CC1(O)C(=O)C2(C)C=CC1C1CCOC12. The van der Waals surface area contributed by atoms with Crippen LogP contribution in [0.5, 0.6) is 0 Å². The average Bonchev–Trinajstić information content (AvgIpc) is 2.64. The number of Topliss-reactive ketones (excluding diaryl/α,β-unsaturated/α-hetero) is 1. The summed E-state index contributed by atoms with van der Waals surface area (Å²) >= 11 is 0. The lowest BCUT2D eigenvalue weighted by atomic mass is 9.53. The van der Waals surface area contributed by atoms with E-state index in [0.717, 1.165) is 6.42 Å². The standard InChI is InChI=1S/C12H16O3/c1-11-5-3-8(12(2,14)10(11)13)7-4-6-15-9(7)11/h3,5,7-9,14H,4,6H2,1-2H3. The first-order chi connectivity index (χ1) is 6.98. The van der Waals surface area contributed by atoms with Crippen molar-refractivity contribution in [2.24, 2.45) is 17.3 Å². The molecule has 4 aliphatic rings. The van der Waals surface area contributed by atoms with Gasteiger partial charge in [-0.3, -0.25) is 4.79 Å². The quantitative estimate of drug-likeness (QED) is 0.602. The van der Waals surface area contributed by atoms with Crippen LogP contribution in [-0.2, 0) is 9.53 Å². The number of hydrogen-bond acceptors (Lipinski definition) is 3. The number of carbonyl (C=O) groups is 1. The van der Waals surface area contributed by atoms with Crippen molar-refractivity contribution < 1.29 is 14.6 Å². The minimum atomic E-state index is -1.20. The molecule has 5 atom stereocenters. The Morgan fingerprint density at radius 1 is 1.53 bits per heavy atom. The molecule has 0 aromatic rings. The molecule has 0 radical (unpaired) electrons. The van der Waals surface area contributed by atoms with Crippen molar-refractivity contribution in [2.45, 2.75) is 32.0 Å². The number of carbonyl (C=O) groups excluding carboxylic acids is 1. The van der Waals surface area contributed by atoms with Gasteiger partial charge < -0.3 is 9.84 Å². The van der Waals surface area contributed by atoms with E-state index in [2.05, 4.69) is 0 Å². The molecule has 4 rings (SSSR count). The fraction of sp³-hybridized carbons (Fsp3) is 0.750. The normalized spacial score (nSPS) is 57.3. The largest absolute Gasteiger partial charge is 0.382 e. The van der Waals surface area contributed by atoms with Crippen molar-refractivity contribution in [3.8, 4) is 0 Å². The van der Waals surface area contributed by atoms with Crippen molar-refractivity contribution in [1.82, 2.24) is 0 Å². The molecule has 3 heteroatoms. The van der Waals surface area contributed by atoms with Crippen molar-refractivity contribution >= 4 is 5.78 Å². The van der Waals surface area contributed by atoms with Crippen molar-refractivity contribution in [3.63, 3.8) is 0 Å². The van der Waals surface area contributed by atoms with Crippen LogP contribution >= 0.6 is 0 Å². The number of ketones is 1. The summed E-state index contributed by atoms with van der Waals surface area (Å²) in [7, 11) is 0. The number of hydrogen-bond donors (Lipinski definition) is 1. The van der Waals surface area contributed by atoms with E-state index in [1.54, 1.807) is 6.92 Å².